The third kappa shape index (κ3) is 3.41. The van der Waals surface area contributed by atoms with Crippen LogP contribution in [0.5, 0.6) is 0 Å². The smallest absolute Gasteiger partial charge is 0.278 e. The van der Waals surface area contributed by atoms with Crippen LogP contribution in [0.2, 0.25) is 5.02 Å². The molecule has 8 heteroatoms. The summed E-state index contributed by atoms with van der Waals surface area (Å²) in [6.07, 6.45) is 0. The molecule has 1 heterocycles. The molecule has 2 aromatic rings. The summed E-state index contributed by atoms with van der Waals surface area (Å²) in [6, 6.07) is 10.7. The summed E-state index contributed by atoms with van der Waals surface area (Å²) >= 11 is 5.97. The van der Waals surface area contributed by atoms with Crippen molar-refractivity contribution in [2.45, 2.75) is 13.8 Å². The van der Waals surface area contributed by atoms with Gasteiger partial charge in [0.2, 0.25) is 0 Å². The highest BCUT2D eigenvalue weighted by molar-refractivity contribution is 6.36. The Hall–Kier alpha value is -3.19. The second kappa shape index (κ2) is 7.20. The molecule has 0 radical (unpaired) electrons. The molecule has 0 spiro atoms. The summed E-state index contributed by atoms with van der Waals surface area (Å²) in [5, 5.41) is 14.5. The van der Waals surface area contributed by atoms with Gasteiger partial charge in [0, 0.05) is 29.4 Å². The largest absolute Gasteiger partial charge is 0.350 e. The number of anilines is 1. The minimum atomic E-state index is -0.519. The molecular weight excluding hydrogens is 370 g/mol. The number of nitro benzene ring substituents is 1. The highest BCUT2D eigenvalue weighted by Gasteiger charge is 2.38. The van der Waals surface area contributed by atoms with Gasteiger partial charge in [-0.2, -0.15) is 0 Å². The molecule has 0 atom stereocenters. The molecule has 0 aromatic heterocycles. The lowest BCUT2D eigenvalue weighted by Crippen LogP contribution is -2.32. The van der Waals surface area contributed by atoms with Gasteiger partial charge in [-0.1, -0.05) is 11.6 Å². The number of nitrogens with one attached hydrogen (secondary N) is 1. The number of non-ortho nitro benzene ring substituents is 1. The number of halogens is 1. The summed E-state index contributed by atoms with van der Waals surface area (Å²) in [5.74, 6) is -0.879. The molecule has 138 valence electrons. The van der Waals surface area contributed by atoms with E-state index in [2.05, 4.69) is 5.32 Å². The maximum absolute atomic E-state index is 12.8. The van der Waals surface area contributed by atoms with Crippen LogP contribution >= 0.6 is 11.6 Å². The molecule has 3 rings (SSSR count). The maximum Gasteiger partial charge on any atom is 0.278 e. The molecule has 1 aliphatic rings. The number of nitrogens with zero attached hydrogens (tertiary/aromatic N) is 2. The van der Waals surface area contributed by atoms with Crippen LogP contribution < -0.4 is 5.32 Å². The van der Waals surface area contributed by atoms with Crippen molar-refractivity contribution in [1.82, 2.24) is 4.90 Å². The molecule has 0 unspecified atom stereocenters. The van der Waals surface area contributed by atoms with Gasteiger partial charge in [0.05, 0.1) is 10.5 Å². The van der Waals surface area contributed by atoms with Crippen LogP contribution in [0.3, 0.4) is 0 Å². The predicted molar refractivity (Wildman–Crippen MR) is 102 cm³/mol. The van der Waals surface area contributed by atoms with Gasteiger partial charge in [0.1, 0.15) is 5.70 Å². The van der Waals surface area contributed by atoms with Crippen molar-refractivity contribution in [2.24, 2.45) is 0 Å². The van der Waals surface area contributed by atoms with Crippen molar-refractivity contribution < 1.29 is 14.5 Å². The van der Waals surface area contributed by atoms with Crippen LogP contribution in [-0.4, -0.2) is 28.2 Å². The second-order valence-corrected chi connectivity index (χ2v) is 6.43. The Kier molecular flexibility index (Phi) is 4.96. The van der Waals surface area contributed by atoms with Gasteiger partial charge >= 0.3 is 0 Å². The highest BCUT2D eigenvalue weighted by Crippen LogP contribution is 2.32. The van der Waals surface area contributed by atoms with E-state index in [-0.39, 0.29) is 23.5 Å². The average molecular weight is 386 g/mol. The third-order valence-electron chi connectivity index (χ3n) is 4.30. The van der Waals surface area contributed by atoms with Crippen LogP contribution in [0.1, 0.15) is 18.1 Å². The van der Waals surface area contributed by atoms with Crippen LogP contribution in [0, 0.1) is 17.0 Å². The molecule has 2 aromatic carbocycles. The summed E-state index contributed by atoms with van der Waals surface area (Å²) < 4.78 is 0. The van der Waals surface area contributed by atoms with E-state index in [9.17, 15) is 19.7 Å². The number of rotatable bonds is 5. The molecule has 1 aliphatic heterocycles. The summed E-state index contributed by atoms with van der Waals surface area (Å²) in [4.78, 5) is 37.0. The number of benzene rings is 2. The fourth-order valence-electron chi connectivity index (χ4n) is 2.90. The zero-order valence-electron chi connectivity index (χ0n) is 14.7. The van der Waals surface area contributed by atoms with E-state index in [1.54, 1.807) is 25.1 Å². The first-order chi connectivity index (χ1) is 12.8. The van der Waals surface area contributed by atoms with Crippen molar-refractivity contribution in [3.8, 4) is 0 Å². The van der Waals surface area contributed by atoms with E-state index in [0.717, 1.165) is 10.5 Å². The van der Waals surface area contributed by atoms with Gasteiger partial charge in [0.15, 0.2) is 0 Å². The van der Waals surface area contributed by atoms with E-state index in [0.29, 0.717) is 16.3 Å². The molecule has 7 nitrogen and oxygen atoms in total. The number of likely N-dealkylation sites (N-methyl/N-ethyl adjacent to an activating group) is 1. The fraction of sp³-hybridized carbons (Fsp3) is 0.158. The number of amides is 2. The molecule has 1 N–H and O–H groups in total. The first-order valence-electron chi connectivity index (χ1n) is 8.22. The number of aryl methyl sites for hydroxylation is 1. The number of imide groups is 1. The van der Waals surface area contributed by atoms with Gasteiger partial charge in [-0.15, -0.1) is 0 Å². The molecule has 0 fully saturated rings. The van der Waals surface area contributed by atoms with E-state index in [1.807, 2.05) is 6.92 Å². The maximum atomic E-state index is 12.8. The van der Waals surface area contributed by atoms with Gasteiger partial charge in [0.25, 0.3) is 17.5 Å². The van der Waals surface area contributed by atoms with E-state index in [4.69, 9.17) is 11.6 Å². The van der Waals surface area contributed by atoms with Gasteiger partial charge in [-0.25, -0.2) is 0 Å². The Labute approximate surface area is 160 Å². The zero-order chi connectivity index (χ0) is 19.7. The molecule has 0 aliphatic carbocycles. The van der Waals surface area contributed by atoms with E-state index < -0.39 is 16.7 Å². The van der Waals surface area contributed by atoms with Gasteiger partial charge < -0.3 is 5.32 Å². The number of carbonyl (C=O) groups is 2. The second-order valence-electron chi connectivity index (χ2n) is 5.99. The van der Waals surface area contributed by atoms with E-state index >= 15 is 0 Å². The summed E-state index contributed by atoms with van der Waals surface area (Å²) in [5.41, 5.74) is 2.13. The van der Waals surface area contributed by atoms with Gasteiger partial charge in [-0.05, 0) is 55.3 Å². The van der Waals surface area contributed by atoms with Crippen LogP contribution in [0.25, 0.3) is 5.57 Å². The normalized spacial score (nSPS) is 14.1. The van der Waals surface area contributed by atoms with Crippen LogP contribution in [0.4, 0.5) is 11.4 Å². The Bertz CT molecular complexity index is 983. The third-order valence-corrected chi connectivity index (χ3v) is 4.53. The first-order valence-corrected chi connectivity index (χ1v) is 8.59. The topological polar surface area (TPSA) is 92.6 Å². The predicted octanol–water partition coefficient (Wildman–Crippen LogP) is 3.77. The van der Waals surface area contributed by atoms with Crippen LogP contribution in [0.15, 0.2) is 48.2 Å². The fourth-order valence-corrected chi connectivity index (χ4v) is 3.13. The molecule has 0 saturated carbocycles. The van der Waals surface area contributed by atoms with E-state index in [1.165, 1.54) is 24.3 Å². The molecule has 0 bridgehead atoms. The lowest BCUT2D eigenvalue weighted by atomic mass is 10.0. The van der Waals surface area contributed by atoms with Crippen molar-refractivity contribution in [3.05, 3.63) is 74.4 Å². The Morgan fingerprint density at radius 1 is 1.11 bits per heavy atom. The SMILES string of the molecule is CCN1C(=O)C(Nc2ccc(Cl)cc2C)=C(c2ccc([N+](=O)[O-])cc2)C1=O. The molecule has 27 heavy (non-hydrogen) atoms. The summed E-state index contributed by atoms with van der Waals surface area (Å²) in [7, 11) is 0. The van der Waals surface area contributed by atoms with Crippen molar-refractivity contribution in [1.29, 1.82) is 0 Å². The number of nitro groups is 1. The molecular formula is C19H16ClN3O4. The standard InChI is InChI=1S/C19H16ClN3O4/c1-3-22-18(24)16(12-4-7-14(8-5-12)23(26)27)17(19(22)25)21-15-9-6-13(20)10-11(15)2/h4-10,21H,3H2,1-2H3. The number of hydrogen-bond acceptors (Lipinski definition) is 5. The minimum absolute atomic E-state index is 0.0912. The lowest BCUT2D eigenvalue weighted by Gasteiger charge is -2.13. The molecule has 0 saturated heterocycles. The quantitative estimate of drug-likeness (QED) is 0.480. The lowest BCUT2D eigenvalue weighted by molar-refractivity contribution is -0.384. The van der Waals surface area contributed by atoms with Crippen molar-refractivity contribution in [3.63, 3.8) is 0 Å². The monoisotopic (exact) mass is 385 g/mol. The Morgan fingerprint density at radius 3 is 2.33 bits per heavy atom. The minimum Gasteiger partial charge on any atom is -0.350 e. The summed E-state index contributed by atoms with van der Waals surface area (Å²) in [6.45, 7) is 3.76. The highest BCUT2D eigenvalue weighted by atomic mass is 35.5. The first kappa shape index (κ1) is 18.6. The number of carbonyl (C=O) groups excluding carboxylic acids is 2. The molecule has 2 amide bonds. The average Bonchev–Trinajstić information content (AvgIpc) is 2.87. The number of hydrogen-bond donors (Lipinski definition) is 1. The van der Waals surface area contributed by atoms with Gasteiger partial charge in [-0.3, -0.25) is 24.6 Å². The van der Waals surface area contributed by atoms with Crippen LogP contribution in [-0.2, 0) is 9.59 Å². The Morgan fingerprint density at radius 2 is 1.78 bits per heavy atom. The Balaban J connectivity index is 2.09. The van der Waals surface area contributed by atoms with Crippen molar-refractivity contribution in [2.75, 3.05) is 11.9 Å². The van der Waals surface area contributed by atoms with Crippen molar-refractivity contribution >= 4 is 40.4 Å². The zero-order valence-corrected chi connectivity index (χ0v) is 15.4.